The predicted molar refractivity (Wildman–Crippen MR) is 73.9 cm³/mol. The number of carbonyl (C=O) groups is 1. The number of hydrogen-bond donors (Lipinski definition) is 0. The number of rotatable bonds is 6. The number of benzene rings is 1. The molecular formula is C13H17BrOS. The summed E-state index contributed by atoms with van der Waals surface area (Å²) in [5.41, 5.74) is 0. The Bertz CT molecular complexity index is 350. The number of carbonyl (C=O) groups excluding carboxylic acids is 1. The fraction of sp³-hybridized carbons (Fsp3) is 0.462. The van der Waals surface area contributed by atoms with Crippen LogP contribution in [-0.2, 0) is 4.79 Å². The van der Waals surface area contributed by atoms with E-state index in [-0.39, 0.29) is 0 Å². The van der Waals surface area contributed by atoms with Gasteiger partial charge in [0.15, 0.2) is 0 Å². The van der Waals surface area contributed by atoms with Crippen molar-refractivity contribution in [2.24, 2.45) is 5.92 Å². The molecule has 0 N–H and O–H groups in total. The lowest BCUT2D eigenvalue weighted by atomic mass is 10.1. The minimum absolute atomic E-state index is 0.346. The van der Waals surface area contributed by atoms with Crippen molar-refractivity contribution in [3.8, 4) is 0 Å². The minimum Gasteiger partial charge on any atom is -0.299 e. The summed E-state index contributed by atoms with van der Waals surface area (Å²) in [5, 5.41) is 0. The number of thioether (sulfide) groups is 1. The summed E-state index contributed by atoms with van der Waals surface area (Å²) < 4.78 is 1.06. The van der Waals surface area contributed by atoms with E-state index in [4.69, 9.17) is 0 Å². The number of ketones is 1. The van der Waals surface area contributed by atoms with Crippen LogP contribution in [0.3, 0.4) is 0 Å². The summed E-state index contributed by atoms with van der Waals surface area (Å²) in [7, 11) is 0. The van der Waals surface area contributed by atoms with Crippen LogP contribution in [0.4, 0.5) is 0 Å². The smallest absolute Gasteiger partial charge is 0.143 e. The maximum atomic E-state index is 11.6. The molecule has 0 aliphatic carbocycles. The van der Waals surface area contributed by atoms with Crippen molar-refractivity contribution in [1.29, 1.82) is 0 Å². The van der Waals surface area contributed by atoms with Gasteiger partial charge >= 0.3 is 0 Å². The van der Waals surface area contributed by atoms with E-state index in [0.717, 1.165) is 15.8 Å². The molecule has 0 saturated carbocycles. The monoisotopic (exact) mass is 300 g/mol. The highest BCUT2D eigenvalue weighted by atomic mass is 79.9. The molecule has 0 amide bonds. The number of Topliss-reactive ketones (excluding diaryl/α,β-unsaturated/α-hetero) is 1. The molecule has 1 nitrogen and oxygen atoms in total. The molecule has 88 valence electrons. The van der Waals surface area contributed by atoms with Gasteiger partial charge in [-0.25, -0.2) is 0 Å². The van der Waals surface area contributed by atoms with Crippen LogP contribution in [0.5, 0.6) is 0 Å². The Morgan fingerprint density at radius 3 is 2.81 bits per heavy atom. The highest BCUT2D eigenvalue weighted by Crippen LogP contribution is 2.22. The average Bonchev–Trinajstić information content (AvgIpc) is 2.23. The van der Waals surface area contributed by atoms with Crippen LogP contribution >= 0.6 is 27.7 Å². The zero-order chi connectivity index (χ0) is 12.0. The molecule has 0 unspecified atom stereocenters. The Labute approximate surface area is 110 Å². The van der Waals surface area contributed by atoms with Gasteiger partial charge in [-0.15, -0.1) is 11.8 Å². The van der Waals surface area contributed by atoms with Crippen molar-refractivity contribution in [3.63, 3.8) is 0 Å². The Morgan fingerprint density at radius 1 is 1.44 bits per heavy atom. The molecular weight excluding hydrogens is 284 g/mol. The molecule has 0 bridgehead atoms. The molecule has 1 rings (SSSR count). The first-order chi connectivity index (χ1) is 7.58. The van der Waals surface area contributed by atoms with Gasteiger partial charge in [-0.3, -0.25) is 4.79 Å². The Hall–Kier alpha value is -0.280. The number of halogens is 1. The third-order valence-corrected chi connectivity index (χ3v) is 3.74. The van der Waals surface area contributed by atoms with Crippen LogP contribution in [0.1, 0.15) is 26.7 Å². The first kappa shape index (κ1) is 13.8. The molecule has 0 heterocycles. The third-order valence-electron chi connectivity index (χ3n) is 2.20. The van der Waals surface area contributed by atoms with Crippen LogP contribution in [0, 0.1) is 5.92 Å². The molecule has 0 spiro atoms. The zero-order valence-corrected chi connectivity index (χ0v) is 12.1. The summed E-state index contributed by atoms with van der Waals surface area (Å²) in [6.07, 6.45) is 1.70. The quantitative estimate of drug-likeness (QED) is 0.717. The maximum absolute atomic E-state index is 11.6. The summed E-state index contributed by atoms with van der Waals surface area (Å²) >= 11 is 5.04. The van der Waals surface area contributed by atoms with Crippen LogP contribution < -0.4 is 0 Å². The van der Waals surface area contributed by atoms with Gasteiger partial charge < -0.3 is 0 Å². The van der Waals surface area contributed by atoms with Crippen molar-refractivity contribution < 1.29 is 4.79 Å². The van der Waals surface area contributed by atoms with Gasteiger partial charge in [0.05, 0.1) is 5.75 Å². The van der Waals surface area contributed by atoms with Crippen molar-refractivity contribution in [1.82, 2.24) is 0 Å². The van der Waals surface area contributed by atoms with Crippen molar-refractivity contribution in [2.45, 2.75) is 31.6 Å². The fourth-order valence-electron chi connectivity index (χ4n) is 1.24. The van der Waals surface area contributed by atoms with E-state index in [1.54, 1.807) is 11.8 Å². The van der Waals surface area contributed by atoms with Gasteiger partial charge in [-0.05, 0) is 30.5 Å². The normalized spacial score (nSPS) is 10.8. The van der Waals surface area contributed by atoms with E-state index in [2.05, 4.69) is 29.8 Å². The summed E-state index contributed by atoms with van der Waals surface area (Å²) in [5.74, 6) is 1.54. The first-order valence-corrected chi connectivity index (χ1v) is 7.26. The zero-order valence-electron chi connectivity index (χ0n) is 9.70. The van der Waals surface area contributed by atoms with Gasteiger partial charge in [0.25, 0.3) is 0 Å². The van der Waals surface area contributed by atoms with Gasteiger partial charge in [-0.2, -0.15) is 0 Å². The van der Waals surface area contributed by atoms with Crippen LogP contribution in [0.2, 0.25) is 0 Å². The largest absolute Gasteiger partial charge is 0.299 e. The van der Waals surface area contributed by atoms with Crippen molar-refractivity contribution in [3.05, 3.63) is 28.7 Å². The van der Waals surface area contributed by atoms with E-state index >= 15 is 0 Å². The Morgan fingerprint density at radius 2 is 2.19 bits per heavy atom. The van der Waals surface area contributed by atoms with Gasteiger partial charge in [0.2, 0.25) is 0 Å². The number of hydrogen-bond acceptors (Lipinski definition) is 2. The van der Waals surface area contributed by atoms with Gasteiger partial charge in [0, 0.05) is 15.8 Å². The molecule has 0 aromatic heterocycles. The molecule has 1 aromatic carbocycles. The van der Waals surface area contributed by atoms with E-state index in [1.165, 1.54) is 0 Å². The molecule has 16 heavy (non-hydrogen) atoms. The molecule has 0 radical (unpaired) electrons. The van der Waals surface area contributed by atoms with Gasteiger partial charge in [-0.1, -0.05) is 35.8 Å². The van der Waals surface area contributed by atoms with E-state index in [0.29, 0.717) is 23.9 Å². The topological polar surface area (TPSA) is 17.1 Å². The molecule has 0 aliphatic heterocycles. The SMILES string of the molecule is CC(C)CCC(=O)CSc1cccc(Br)c1. The predicted octanol–water partition coefficient (Wildman–Crippen LogP) is 4.55. The molecule has 0 saturated heterocycles. The molecule has 3 heteroatoms. The highest BCUT2D eigenvalue weighted by molar-refractivity contribution is 9.10. The van der Waals surface area contributed by atoms with Crippen LogP contribution in [0.15, 0.2) is 33.6 Å². The summed E-state index contributed by atoms with van der Waals surface area (Å²) in [4.78, 5) is 12.7. The van der Waals surface area contributed by atoms with E-state index in [1.807, 2.05) is 24.3 Å². The standard InChI is InChI=1S/C13H17BrOS/c1-10(2)6-7-12(15)9-16-13-5-3-4-11(14)8-13/h3-5,8,10H,6-7,9H2,1-2H3. The van der Waals surface area contributed by atoms with Crippen molar-refractivity contribution >= 4 is 33.5 Å². The van der Waals surface area contributed by atoms with Gasteiger partial charge in [0.1, 0.15) is 5.78 Å². The lowest BCUT2D eigenvalue weighted by molar-refractivity contribution is -0.116. The first-order valence-electron chi connectivity index (χ1n) is 5.48. The fourth-order valence-corrected chi connectivity index (χ4v) is 2.65. The summed E-state index contributed by atoms with van der Waals surface area (Å²) in [6.45, 7) is 4.30. The van der Waals surface area contributed by atoms with E-state index < -0.39 is 0 Å². The lowest BCUT2D eigenvalue weighted by Crippen LogP contribution is -2.03. The molecule has 0 atom stereocenters. The second-order valence-electron chi connectivity index (χ2n) is 4.22. The summed E-state index contributed by atoms with van der Waals surface area (Å²) in [6, 6.07) is 8.06. The lowest BCUT2D eigenvalue weighted by Gasteiger charge is -2.04. The molecule has 0 aliphatic rings. The average molecular weight is 301 g/mol. The van der Waals surface area contributed by atoms with Crippen molar-refractivity contribution in [2.75, 3.05) is 5.75 Å². The second-order valence-corrected chi connectivity index (χ2v) is 6.18. The Kier molecular flexibility index (Phi) is 6.14. The Balaban J connectivity index is 2.31. The molecule has 1 aromatic rings. The minimum atomic E-state index is 0.346. The second kappa shape index (κ2) is 7.13. The third kappa shape index (κ3) is 5.71. The van der Waals surface area contributed by atoms with Crippen LogP contribution in [0.25, 0.3) is 0 Å². The molecule has 0 fully saturated rings. The van der Waals surface area contributed by atoms with E-state index in [9.17, 15) is 4.79 Å². The maximum Gasteiger partial charge on any atom is 0.143 e. The highest BCUT2D eigenvalue weighted by Gasteiger charge is 2.05. The van der Waals surface area contributed by atoms with Crippen LogP contribution in [-0.4, -0.2) is 11.5 Å².